The van der Waals surface area contributed by atoms with E-state index in [1.807, 2.05) is 6.26 Å². The Morgan fingerprint density at radius 2 is 1.92 bits per heavy atom. The van der Waals surface area contributed by atoms with Gasteiger partial charge in [0, 0.05) is 30.1 Å². The number of aromatic nitrogens is 2. The van der Waals surface area contributed by atoms with Crippen molar-refractivity contribution in [3.05, 3.63) is 18.5 Å². The number of hydrogen-bond donors (Lipinski definition) is 0. The van der Waals surface area contributed by atoms with Gasteiger partial charge in [-0.05, 0) is 12.3 Å². The van der Waals surface area contributed by atoms with E-state index in [1.165, 1.54) is 11.8 Å². The summed E-state index contributed by atoms with van der Waals surface area (Å²) in [5.41, 5.74) is 0. The normalized spacial score (nSPS) is 6.08. The maximum absolute atomic E-state index is 3.92. The molecule has 0 aliphatic rings. The largest absolute Gasteiger partial charge is 0.231 e. The third-order valence-electron chi connectivity index (χ3n) is 0.677. The molecule has 1 aromatic heterocycles. The van der Waals surface area contributed by atoms with E-state index < -0.39 is 0 Å². The van der Waals surface area contributed by atoms with Crippen LogP contribution in [-0.2, 0) is 0 Å². The number of hydrogen-bond acceptors (Lipinski definition) is 3. The summed E-state index contributed by atoms with van der Waals surface area (Å²) in [4.78, 5) is 7.74. The van der Waals surface area contributed by atoms with E-state index in [1.54, 1.807) is 12.3 Å². The summed E-state index contributed by atoms with van der Waals surface area (Å²) in [6, 6.07) is 1.68. The standard InChI is InChI=1S/C5H5N2S.3CH4.Sn/c1-8-5-6-3-2-4-7-5;;;;/h2-3H,1H3;3*1H4;. The molecule has 12 heavy (non-hydrogen) atoms. The Morgan fingerprint density at radius 3 is 2.17 bits per heavy atom. The van der Waals surface area contributed by atoms with Crippen molar-refractivity contribution < 1.29 is 0 Å². The van der Waals surface area contributed by atoms with Crippen molar-refractivity contribution >= 4 is 35.7 Å². The Hall–Kier alpha value is 0.229. The minimum absolute atomic E-state index is 0. The van der Waals surface area contributed by atoms with Crippen molar-refractivity contribution in [1.82, 2.24) is 9.97 Å². The Morgan fingerprint density at radius 1 is 1.33 bits per heavy atom. The first-order valence-electron chi connectivity index (χ1n) is 2.16. The molecule has 1 aromatic rings. The summed E-state index contributed by atoms with van der Waals surface area (Å²) in [7, 11) is 0. The fourth-order valence-corrected chi connectivity index (χ4v) is 0.664. The van der Waals surface area contributed by atoms with Crippen LogP contribution >= 0.6 is 11.8 Å². The van der Waals surface area contributed by atoms with Gasteiger partial charge in [-0.15, -0.1) is 0 Å². The average Bonchev–Trinajstić information content (AvgIpc) is 1.90. The first-order valence-corrected chi connectivity index (χ1v) is 3.39. The molecule has 0 spiro atoms. The summed E-state index contributed by atoms with van der Waals surface area (Å²) in [5.74, 6) is 0. The minimum atomic E-state index is 0. The number of nitrogens with zero attached hydrogens (tertiary/aromatic N) is 2. The molecule has 0 bridgehead atoms. The van der Waals surface area contributed by atoms with Crippen LogP contribution in [0.3, 0.4) is 0 Å². The van der Waals surface area contributed by atoms with Crippen LogP contribution in [0, 0.1) is 6.20 Å². The van der Waals surface area contributed by atoms with Gasteiger partial charge >= 0.3 is 0 Å². The summed E-state index contributed by atoms with van der Waals surface area (Å²) >= 11 is 1.52. The van der Waals surface area contributed by atoms with Crippen LogP contribution in [0.4, 0.5) is 0 Å². The third-order valence-corrected chi connectivity index (χ3v) is 1.24. The predicted octanol–water partition coefficient (Wildman–Crippen LogP) is 2.53. The van der Waals surface area contributed by atoms with Crippen LogP contribution < -0.4 is 0 Å². The molecule has 69 valence electrons. The first kappa shape index (κ1) is 22.8. The second-order valence-electron chi connectivity index (χ2n) is 1.17. The Bertz CT molecular complexity index is 158. The summed E-state index contributed by atoms with van der Waals surface area (Å²) in [5, 5.41) is 0.771. The fraction of sp³-hybridized carbons (Fsp3) is 0.500. The van der Waals surface area contributed by atoms with Crippen LogP contribution in [-0.4, -0.2) is 40.1 Å². The molecule has 0 aromatic carbocycles. The van der Waals surface area contributed by atoms with Crippen molar-refractivity contribution in [2.24, 2.45) is 0 Å². The van der Waals surface area contributed by atoms with Crippen molar-refractivity contribution in [3.8, 4) is 0 Å². The maximum atomic E-state index is 3.92. The summed E-state index contributed by atoms with van der Waals surface area (Å²) in [6.07, 6.45) is 6.29. The number of thioether (sulfide) groups is 1. The van der Waals surface area contributed by atoms with E-state index in [9.17, 15) is 0 Å². The zero-order chi connectivity index (χ0) is 5.82. The summed E-state index contributed by atoms with van der Waals surface area (Å²) < 4.78 is 0. The molecule has 0 saturated heterocycles. The molecule has 4 heteroatoms. The van der Waals surface area contributed by atoms with E-state index in [0.29, 0.717) is 0 Å². The summed E-state index contributed by atoms with van der Waals surface area (Å²) in [6.45, 7) is 0. The molecule has 0 amide bonds. The monoisotopic (exact) mass is 293 g/mol. The molecule has 1 heterocycles. The fourth-order valence-electron chi connectivity index (χ4n) is 0.354. The number of rotatable bonds is 1. The Kier molecular flexibility index (Phi) is 26.2. The van der Waals surface area contributed by atoms with Gasteiger partial charge in [-0.2, -0.15) is 0 Å². The van der Waals surface area contributed by atoms with Gasteiger partial charge in [-0.3, -0.25) is 0 Å². The molecule has 0 aliphatic heterocycles. The van der Waals surface area contributed by atoms with Crippen molar-refractivity contribution in [2.75, 3.05) is 6.26 Å². The average molecular weight is 292 g/mol. The van der Waals surface area contributed by atoms with E-state index in [0.717, 1.165) is 5.16 Å². The molecule has 0 atom stereocenters. The van der Waals surface area contributed by atoms with Gasteiger partial charge in [-0.1, -0.05) is 34.0 Å². The van der Waals surface area contributed by atoms with Gasteiger partial charge in [0.25, 0.3) is 0 Å². The van der Waals surface area contributed by atoms with Crippen molar-refractivity contribution in [2.45, 2.75) is 27.4 Å². The van der Waals surface area contributed by atoms with E-state index in [4.69, 9.17) is 0 Å². The van der Waals surface area contributed by atoms with Gasteiger partial charge in [0.2, 0.25) is 0 Å². The molecule has 0 unspecified atom stereocenters. The zero-order valence-corrected chi connectivity index (χ0v) is 8.63. The molecule has 2 nitrogen and oxygen atoms in total. The first-order chi connectivity index (χ1) is 3.93. The predicted molar refractivity (Wildman–Crippen MR) is 58.6 cm³/mol. The molecule has 1 rings (SSSR count). The Balaban J connectivity index is -0.0000000800. The Labute approximate surface area is 97.5 Å². The van der Waals surface area contributed by atoms with Crippen LogP contribution in [0.5, 0.6) is 0 Å². The van der Waals surface area contributed by atoms with E-state index in [2.05, 4.69) is 16.2 Å². The molecular weight excluding hydrogens is 275 g/mol. The second-order valence-corrected chi connectivity index (χ2v) is 1.95. The quantitative estimate of drug-likeness (QED) is 0.452. The van der Waals surface area contributed by atoms with E-state index in [-0.39, 0.29) is 46.2 Å². The van der Waals surface area contributed by atoms with Gasteiger partial charge in [-0.25, -0.2) is 9.97 Å². The van der Waals surface area contributed by atoms with Crippen molar-refractivity contribution in [1.29, 1.82) is 0 Å². The van der Waals surface area contributed by atoms with Gasteiger partial charge in [0.05, 0.1) is 6.20 Å². The molecule has 0 fully saturated rings. The van der Waals surface area contributed by atoms with Crippen LogP contribution in [0.25, 0.3) is 0 Å². The molecule has 0 aliphatic carbocycles. The topological polar surface area (TPSA) is 25.8 Å². The third kappa shape index (κ3) is 8.33. The molecule has 0 saturated carbocycles. The van der Waals surface area contributed by atoms with Crippen LogP contribution in [0.2, 0.25) is 0 Å². The SMILES string of the molecule is C.C.C.CSc1n[c]ccn1.[Sn]. The molecular formula is C8H17N2SSn. The molecule has 0 N–H and O–H groups in total. The molecule has 5 radical (unpaired) electrons. The van der Waals surface area contributed by atoms with E-state index >= 15 is 0 Å². The van der Waals surface area contributed by atoms with Crippen molar-refractivity contribution in [3.63, 3.8) is 0 Å². The van der Waals surface area contributed by atoms with Gasteiger partial charge in [0.1, 0.15) is 0 Å². The van der Waals surface area contributed by atoms with Gasteiger partial charge in [0.15, 0.2) is 5.16 Å². The van der Waals surface area contributed by atoms with Crippen LogP contribution in [0.15, 0.2) is 17.4 Å². The smallest absolute Gasteiger partial charge is 0.187 e. The maximum Gasteiger partial charge on any atom is 0.187 e. The van der Waals surface area contributed by atoms with Gasteiger partial charge < -0.3 is 0 Å². The zero-order valence-electron chi connectivity index (χ0n) is 4.96. The van der Waals surface area contributed by atoms with Crippen LogP contribution in [0.1, 0.15) is 22.3 Å². The second kappa shape index (κ2) is 13.8. The minimum Gasteiger partial charge on any atom is -0.231 e.